The van der Waals surface area contributed by atoms with Crippen molar-refractivity contribution >= 4 is 16.7 Å². The molecule has 0 aliphatic carbocycles. The molecule has 0 saturated carbocycles. The van der Waals surface area contributed by atoms with Gasteiger partial charge in [-0.05, 0) is 13.0 Å². The van der Waals surface area contributed by atoms with Gasteiger partial charge in [0.2, 0.25) is 5.88 Å². The van der Waals surface area contributed by atoms with Crippen LogP contribution >= 0.6 is 0 Å². The minimum Gasteiger partial charge on any atom is -1.00 e. The topological polar surface area (TPSA) is 70.3 Å². The molecule has 1 aromatic carbocycles. The molecule has 0 spiro atoms. The van der Waals surface area contributed by atoms with Gasteiger partial charge < -0.3 is 43.9 Å². The number of aromatic nitrogens is 4. The first-order chi connectivity index (χ1) is 17.1. The number of nitrogens with one attached hydrogen (secondary N) is 2. The van der Waals surface area contributed by atoms with E-state index < -0.39 is 0 Å². The van der Waals surface area contributed by atoms with Crippen molar-refractivity contribution in [3.8, 4) is 5.88 Å². The Hall–Kier alpha value is -2.65. The van der Waals surface area contributed by atoms with Crippen molar-refractivity contribution in [1.82, 2.24) is 18.9 Å². The Morgan fingerprint density at radius 1 is 0.973 bits per heavy atom. The second kappa shape index (κ2) is 12.7. The third-order valence-corrected chi connectivity index (χ3v) is 7.30. The predicted molar refractivity (Wildman–Crippen MR) is 136 cm³/mol. The van der Waals surface area contributed by atoms with E-state index in [9.17, 15) is 4.79 Å². The van der Waals surface area contributed by atoms with Gasteiger partial charge in [-0.2, -0.15) is 4.98 Å². The molecule has 10 heteroatoms. The van der Waals surface area contributed by atoms with E-state index >= 15 is 0 Å². The van der Waals surface area contributed by atoms with Gasteiger partial charge in [-0.1, -0.05) is 37.3 Å². The average Bonchev–Trinajstić information content (AvgIpc) is 3.24. The number of piperazine rings is 1. The van der Waals surface area contributed by atoms with Crippen LogP contribution in [0.25, 0.3) is 16.7 Å². The Morgan fingerprint density at radius 2 is 1.68 bits per heavy atom. The number of ether oxygens (including phenoxy) is 1. The predicted octanol–water partition coefficient (Wildman–Crippen LogP) is -5.69. The van der Waals surface area contributed by atoms with Crippen molar-refractivity contribution < 1.29 is 39.4 Å². The summed E-state index contributed by atoms with van der Waals surface area (Å²) in [6, 6.07) is 14.6. The number of hydrogen-bond donors (Lipinski definition) is 2. The van der Waals surface area contributed by atoms with Gasteiger partial charge in [-0.3, -0.25) is 9.20 Å². The quantitative estimate of drug-likeness (QED) is 0.231. The summed E-state index contributed by atoms with van der Waals surface area (Å²) in [6.07, 6.45) is 1.68. The van der Waals surface area contributed by atoms with Gasteiger partial charge in [0.25, 0.3) is 5.56 Å². The number of nitrogens with zero attached hydrogens (tertiary/aromatic N) is 4. The van der Waals surface area contributed by atoms with E-state index in [1.165, 1.54) is 31.7 Å². The molecule has 8 nitrogen and oxygen atoms in total. The second-order valence-electron chi connectivity index (χ2n) is 9.57. The molecule has 3 aromatic heterocycles. The lowest BCUT2D eigenvalue weighted by atomic mass is 10.2. The maximum absolute atomic E-state index is 13.6. The minimum atomic E-state index is 0. The molecule has 1 aliphatic rings. The Labute approximate surface area is 230 Å². The van der Waals surface area contributed by atoms with E-state index in [1.807, 2.05) is 28.0 Å². The fourth-order valence-corrected chi connectivity index (χ4v) is 5.43. The molecule has 4 aromatic rings. The first kappa shape index (κ1) is 28.9. The van der Waals surface area contributed by atoms with Crippen LogP contribution < -0.4 is 44.9 Å². The molecular formula is C27H36Cl2N6O2. The van der Waals surface area contributed by atoms with Gasteiger partial charge >= 0.3 is 0 Å². The molecule has 1 aliphatic heterocycles. The van der Waals surface area contributed by atoms with E-state index in [4.69, 9.17) is 9.72 Å². The summed E-state index contributed by atoms with van der Waals surface area (Å²) in [5, 5.41) is 0. The number of benzene rings is 1. The molecule has 0 amide bonds. The summed E-state index contributed by atoms with van der Waals surface area (Å²) >= 11 is 0. The third kappa shape index (κ3) is 5.93. The van der Waals surface area contributed by atoms with Crippen LogP contribution in [0.4, 0.5) is 0 Å². The maximum Gasteiger partial charge on any atom is 0.277 e. The smallest absolute Gasteiger partial charge is 0.277 e. The van der Waals surface area contributed by atoms with Crippen LogP contribution in [-0.2, 0) is 19.5 Å². The Morgan fingerprint density at radius 3 is 2.35 bits per heavy atom. The zero-order valence-electron chi connectivity index (χ0n) is 21.8. The molecule has 0 unspecified atom stereocenters. The number of quaternary nitrogens is 2. The van der Waals surface area contributed by atoms with Crippen LogP contribution in [0, 0.1) is 6.92 Å². The van der Waals surface area contributed by atoms with Gasteiger partial charge in [-0.25, -0.2) is 4.98 Å². The summed E-state index contributed by atoms with van der Waals surface area (Å²) in [5.41, 5.74) is 4.39. The van der Waals surface area contributed by atoms with Gasteiger partial charge in [0.1, 0.15) is 44.1 Å². The summed E-state index contributed by atoms with van der Waals surface area (Å²) in [7, 11) is 1.62. The molecule has 0 bridgehead atoms. The van der Waals surface area contributed by atoms with E-state index in [1.54, 1.807) is 16.9 Å². The third-order valence-electron chi connectivity index (χ3n) is 7.30. The highest BCUT2D eigenvalue weighted by Crippen LogP contribution is 2.20. The highest BCUT2D eigenvalue weighted by Gasteiger charge is 2.23. The van der Waals surface area contributed by atoms with Gasteiger partial charge in [0.15, 0.2) is 5.65 Å². The summed E-state index contributed by atoms with van der Waals surface area (Å²) in [4.78, 5) is 26.3. The van der Waals surface area contributed by atoms with E-state index in [0.29, 0.717) is 17.9 Å². The van der Waals surface area contributed by atoms with Crippen molar-refractivity contribution in [3.05, 3.63) is 69.9 Å². The van der Waals surface area contributed by atoms with Crippen LogP contribution in [0.5, 0.6) is 5.88 Å². The molecule has 0 radical (unpaired) electrons. The number of pyridine rings is 1. The molecule has 5 rings (SSSR count). The SMILES string of the molecule is CCc1nc(C)c2c(=O)n(CCC[NH+]3CC[NH+](Cc4ccccc4)CC3)c3ccc(OC)nc3n12.[Cl-].[Cl-]. The number of halogens is 2. The Bertz CT molecular complexity index is 1380. The molecule has 1 fully saturated rings. The van der Waals surface area contributed by atoms with Crippen LogP contribution in [0.1, 0.15) is 30.4 Å². The standard InChI is InChI=1S/C27H34N6O2.2ClH/c1-4-23-28-20(2)25-27(34)32(22-11-12-24(35-3)29-26(22)33(23)25)14-8-13-30-15-17-31(18-16-30)19-21-9-6-5-7-10-21;;/h5-7,9-12H,4,8,13-19H2,1-3H3;2*1H. The van der Waals surface area contributed by atoms with Crippen molar-refractivity contribution in [2.75, 3.05) is 39.8 Å². The summed E-state index contributed by atoms with van der Waals surface area (Å²) < 4.78 is 9.20. The molecule has 0 atom stereocenters. The van der Waals surface area contributed by atoms with Crippen molar-refractivity contribution in [2.45, 2.75) is 39.8 Å². The highest BCUT2D eigenvalue weighted by atomic mass is 35.5. The van der Waals surface area contributed by atoms with Gasteiger partial charge in [-0.15, -0.1) is 0 Å². The lowest BCUT2D eigenvalue weighted by molar-refractivity contribution is -1.02. The molecule has 1 saturated heterocycles. The fraction of sp³-hybridized carbons (Fsp3) is 0.444. The molecule has 200 valence electrons. The van der Waals surface area contributed by atoms with Crippen molar-refractivity contribution in [3.63, 3.8) is 0 Å². The van der Waals surface area contributed by atoms with Crippen LogP contribution in [0.3, 0.4) is 0 Å². The van der Waals surface area contributed by atoms with Gasteiger partial charge in [0.05, 0.1) is 24.9 Å². The average molecular weight is 548 g/mol. The van der Waals surface area contributed by atoms with E-state index in [0.717, 1.165) is 48.6 Å². The second-order valence-corrected chi connectivity index (χ2v) is 9.57. The minimum absolute atomic E-state index is 0. The zero-order chi connectivity index (χ0) is 24.4. The van der Waals surface area contributed by atoms with Crippen LogP contribution in [0.15, 0.2) is 47.3 Å². The van der Waals surface area contributed by atoms with E-state index in [-0.39, 0.29) is 30.4 Å². The van der Waals surface area contributed by atoms with Crippen molar-refractivity contribution in [1.29, 1.82) is 0 Å². The highest BCUT2D eigenvalue weighted by molar-refractivity contribution is 5.77. The summed E-state index contributed by atoms with van der Waals surface area (Å²) in [6.45, 7) is 11.6. The van der Waals surface area contributed by atoms with Gasteiger partial charge in [0, 0.05) is 31.0 Å². The monoisotopic (exact) mass is 546 g/mol. The summed E-state index contributed by atoms with van der Waals surface area (Å²) in [5.74, 6) is 1.39. The molecule has 37 heavy (non-hydrogen) atoms. The molecular weight excluding hydrogens is 511 g/mol. The molecule has 4 heterocycles. The lowest BCUT2D eigenvalue weighted by Gasteiger charge is -2.29. The normalized spacial score (nSPS) is 17.4. The number of hydrogen-bond acceptors (Lipinski definition) is 4. The maximum atomic E-state index is 13.6. The number of imidazole rings is 1. The van der Waals surface area contributed by atoms with Crippen molar-refractivity contribution in [2.24, 2.45) is 0 Å². The first-order valence-electron chi connectivity index (χ1n) is 12.8. The Kier molecular flexibility index (Phi) is 9.95. The zero-order valence-corrected chi connectivity index (χ0v) is 23.3. The number of aryl methyl sites for hydroxylation is 3. The lowest BCUT2D eigenvalue weighted by Crippen LogP contribution is -3.27. The largest absolute Gasteiger partial charge is 1.00 e. The number of methoxy groups -OCH3 is 1. The van der Waals surface area contributed by atoms with Crippen LogP contribution in [-0.4, -0.2) is 58.8 Å². The number of rotatable bonds is 8. The van der Waals surface area contributed by atoms with E-state index in [2.05, 4.69) is 42.2 Å². The number of fused-ring (bicyclic) bond motifs is 3. The molecule has 2 N–H and O–H groups in total. The first-order valence-corrected chi connectivity index (χ1v) is 12.8. The fourth-order valence-electron chi connectivity index (χ4n) is 5.43. The Balaban J connectivity index is 0.00000190. The van der Waals surface area contributed by atoms with Crippen LogP contribution in [0.2, 0.25) is 0 Å².